The van der Waals surface area contributed by atoms with Gasteiger partial charge in [0.1, 0.15) is 0 Å². The molecule has 0 unspecified atom stereocenters. The molecule has 2 aromatic carbocycles. The van der Waals surface area contributed by atoms with Gasteiger partial charge in [0.2, 0.25) is 5.91 Å². The minimum atomic E-state index is -4.47. The fourth-order valence-corrected chi connectivity index (χ4v) is 2.28. The number of amides is 1. The van der Waals surface area contributed by atoms with Crippen LogP contribution in [0.5, 0.6) is 0 Å². The smallest absolute Gasteiger partial charge is 0.353 e. The SMILES string of the molecule is O=C(Cc1ccc2ccccc2c1)NCCOP(=O)(O)O. The van der Waals surface area contributed by atoms with Crippen LogP contribution < -0.4 is 5.32 Å². The van der Waals surface area contributed by atoms with Crippen LogP contribution in [0.25, 0.3) is 10.8 Å². The first-order chi connectivity index (χ1) is 9.94. The molecule has 3 N–H and O–H groups in total. The van der Waals surface area contributed by atoms with Crippen LogP contribution in [0.2, 0.25) is 0 Å². The lowest BCUT2D eigenvalue weighted by Crippen LogP contribution is -2.28. The van der Waals surface area contributed by atoms with Gasteiger partial charge in [0.15, 0.2) is 0 Å². The van der Waals surface area contributed by atoms with Crippen molar-refractivity contribution in [1.29, 1.82) is 0 Å². The molecule has 0 heterocycles. The predicted octanol–water partition coefficient (Wildman–Crippen LogP) is 1.61. The van der Waals surface area contributed by atoms with Crippen molar-refractivity contribution in [3.05, 3.63) is 48.0 Å². The van der Waals surface area contributed by atoms with Gasteiger partial charge in [0.25, 0.3) is 0 Å². The quantitative estimate of drug-likeness (QED) is 0.556. The summed E-state index contributed by atoms with van der Waals surface area (Å²) in [4.78, 5) is 28.7. The van der Waals surface area contributed by atoms with Gasteiger partial charge >= 0.3 is 7.82 Å². The van der Waals surface area contributed by atoms with E-state index in [1.807, 2.05) is 42.5 Å². The Morgan fingerprint density at radius 2 is 1.86 bits per heavy atom. The molecular formula is C14H16NO5P. The molecule has 0 spiro atoms. The van der Waals surface area contributed by atoms with Gasteiger partial charge in [-0.05, 0) is 16.3 Å². The Balaban J connectivity index is 1.85. The van der Waals surface area contributed by atoms with Crippen molar-refractivity contribution >= 4 is 24.5 Å². The summed E-state index contributed by atoms with van der Waals surface area (Å²) in [6, 6.07) is 13.6. The second kappa shape index (κ2) is 6.83. The van der Waals surface area contributed by atoms with E-state index < -0.39 is 7.82 Å². The van der Waals surface area contributed by atoms with E-state index in [-0.39, 0.29) is 25.5 Å². The lowest BCUT2D eigenvalue weighted by atomic mass is 10.1. The topological polar surface area (TPSA) is 95.9 Å². The number of fused-ring (bicyclic) bond motifs is 1. The van der Waals surface area contributed by atoms with Gasteiger partial charge in [-0.1, -0.05) is 42.5 Å². The van der Waals surface area contributed by atoms with Crippen LogP contribution >= 0.6 is 7.82 Å². The van der Waals surface area contributed by atoms with Crippen LogP contribution in [0.15, 0.2) is 42.5 Å². The Hall–Kier alpha value is -1.72. The number of benzene rings is 2. The van der Waals surface area contributed by atoms with Gasteiger partial charge in [0, 0.05) is 6.54 Å². The zero-order chi connectivity index (χ0) is 15.3. The summed E-state index contributed by atoms with van der Waals surface area (Å²) in [7, 11) is -4.47. The molecule has 0 aromatic heterocycles. The van der Waals surface area contributed by atoms with Gasteiger partial charge in [-0.2, -0.15) is 0 Å². The molecule has 6 nitrogen and oxygen atoms in total. The van der Waals surface area contributed by atoms with E-state index >= 15 is 0 Å². The molecule has 21 heavy (non-hydrogen) atoms. The molecule has 0 bridgehead atoms. The summed E-state index contributed by atoms with van der Waals surface area (Å²) < 4.78 is 14.7. The Morgan fingerprint density at radius 3 is 2.57 bits per heavy atom. The minimum Gasteiger partial charge on any atom is -0.353 e. The van der Waals surface area contributed by atoms with Crippen molar-refractivity contribution in [3.63, 3.8) is 0 Å². The molecule has 0 radical (unpaired) electrons. The van der Waals surface area contributed by atoms with Crippen LogP contribution in [0.4, 0.5) is 0 Å². The molecular weight excluding hydrogens is 293 g/mol. The third kappa shape index (κ3) is 5.28. The molecule has 0 saturated heterocycles. The molecule has 2 aromatic rings. The van der Waals surface area contributed by atoms with Crippen molar-refractivity contribution in [2.75, 3.05) is 13.2 Å². The molecule has 112 valence electrons. The maximum absolute atomic E-state index is 11.7. The van der Waals surface area contributed by atoms with Crippen molar-refractivity contribution < 1.29 is 23.7 Å². The average molecular weight is 309 g/mol. The highest BCUT2D eigenvalue weighted by atomic mass is 31.2. The van der Waals surface area contributed by atoms with Gasteiger partial charge in [0.05, 0.1) is 13.0 Å². The maximum atomic E-state index is 11.7. The van der Waals surface area contributed by atoms with E-state index in [4.69, 9.17) is 9.79 Å². The molecule has 0 aliphatic rings. The van der Waals surface area contributed by atoms with Crippen molar-refractivity contribution in [2.24, 2.45) is 0 Å². The van der Waals surface area contributed by atoms with Crippen LogP contribution in [0.3, 0.4) is 0 Å². The molecule has 0 aliphatic carbocycles. The summed E-state index contributed by atoms with van der Waals surface area (Å²) >= 11 is 0. The number of nitrogens with one attached hydrogen (secondary N) is 1. The zero-order valence-corrected chi connectivity index (χ0v) is 12.1. The Kier molecular flexibility index (Phi) is 5.09. The normalized spacial score (nSPS) is 11.5. The van der Waals surface area contributed by atoms with Crippen molar-refractivity contribution in [1.82, 2.24) is 5.32 Å². The van der Waals surface area contributed by atoms with E-state index in [9.17, 15) is 9.36 Å². The van der Waals surface area contributed by atoms with Crippen LogP contribution in [-0.4, -0.2) is 28.8 Å². The van der Waals surface area contributed by atoms with Crippen LogP contribution in [0.1, 0.15) is 5.56 Å². The number of phosphoric ester groups is 1. The van der Waals surface area contributed by atoms with E-state index in [1.165, 1.54) is 0 Å². The average Bonchev–Trinajstić information content (AvgIpc) is 2.42. The van der Waals surface area contributed by atoms with Gasteiger partial charge < -0.3 is 15.1 Å². The predicted molar refractivity (Wildman–Crippen MR) is 78.7 cm³/mol. The van der Waals surface area contributed by atoms with Gasteiger partial charge in [-0.25, -0.2) is 4.57 Å². The first kappa shape index (κ1) is 15.7. The molecule has 0 saturated carbocycles. The third-order valence-corrected chi connectivity index (χ3v) is 3.38. The first-order valence-electron chi connectivity index (χ1n) is 6.38. The van der Waals surface area contributed by atoms with E-state index in [0.29, 0.717) is 0 Å². The summed E-state index contributed by atoms with van der Waals surface area (Å²) in [5.41, 5.74) is 0.877. The Labute approximate surface area is 122 Å². The number of hydrogen-bond donors (Lipinski definition) is 3. The monoisotopic (exact) mass is 309 g/mol. The lowest BCUT2D eigenvalue weighted by Gasteiger charge is -2.07. The molecule has 2 rings (SSSR count). The number of hydrogen-bond acceptors (Lipinski definition) is 3. The second-order valence-electron chi connectivity index (χ2n) is 4.53. The summed E-state index contributed by atoms with van der Waals surface area (Å²) in [6.07, 6.45) is 0.209. The fourth-order valence-electron chi connectivity index (χ4n) is 1.95. The second-order valence-corrected chi connectivity index (χ2v) is 5.77. The van der Waals surface area contributed by atoms with Crippen LogP contribution in [0, 0.1) is 0 Å². The largest absolute Gasteiger partial charge is 0.469 e. The highest BCUT2D eigenvalue weighted by Crippen LogP contribution is 2.35. The molecule has 1 amide bonds. The van der Waals surface area contributed by atoms with E-state index in [1.54, 1.807) is 0 Å². The zero-order valence-electron chi connectivity index (χ0n) is 11.2. The standard InChI is InChI=1S/C14H16NO5P/c16-14(15-7-8-20-21(17,18)19)10-11-5-6-12-3-1-2-4-13(12)9-11/h1-6,9H,7-8,10H2,(H,15,16)(H2,17,18,19). The third-order valence-electron chi connectivity index (χ3n) is 2.86. The summed E-state index contributed by atoms with van der Waals surface area (Å²) in [5.74, 6) is -0.223. The Morgan fingerprint density at radius 1 is 1.14 bits per heavy atom. The minimum absolute atomic E-state index is 0.0531. The van der Waals surface area contributed by atoms with Gasteiger partial charge in [-0.15, -0.1) is 0 Å². The van der Waals surface area contributed by atoms with Crippen LogP contribution in [-0.2, 0) is 20.3 Å². The maximum Gasteiger partial charge on any atom is 0.469 e. The number of carbonyl (C=O) groups excluding carboxylic acids is 1. The van der Waals surface area contributed by atoms with E-state index in [2.05, 4.69) is 9.84 Å². The van der Waals surface area contributed by atoms with Crippen molar-refractivity contribution in [2.45, 2.75) is 6.42 Å². The molecule has 0 fully saturated rings. The lowest BCUT2D eigenvalue weighted by molar-refractivity contribution is -0.120. The highest BCUT2D eigenvalue weighted by Gasteiger charge is 2.13. The molecule has 7 heteroatoms. The molecule has 0 aliphatic heterocycles. The number of carbonyl (C=O) groups is 1. The van der Waals surface area contributed by atoms with Crippen molar-refractivity contribution in [3.8, 4) is 0 Å². The van der Waals surface area contributed by atoms with E-state index in [0.717, 1.165) is 16.3 Å². The Bertz CT molecular complexity index is 682. The summed E-state index contributed by atoms with van der Waals surface area (Å²) in [5, 5.41) is 4.72. The highest BCUT2D eigenvalue weighted by molar-refractivity contribution is 7.46. The number of rotatable bonds is 6. The molecule has 0 atom stereocenters. The first-order valence-corrected chi connectivity index (χ1v) is 7.91. The number of phosphoric acid groups is 1. The van der Waals surface area contributed by atoms with Gasteiger partial charge in [-0.3, -0.25) is 9.32 Å². The summed E-state index contributed by atoms with van der Waals surface area (Å²) in [6.45, 7) is -0.175. The fraction of sp³-hybridized carbons (Fsp3) is 0.214.